The van der Waals surface area contributed by atoms with Crippen LogP contribution in [0.4, 0.5) is 0 Å². The number of fused-ring (bicyclic) bond motifs is 1. The highest BCUT2D eigenvalue weighted by Crippen LogP contribution is 2.35. The number of aromatic nitrogens is 1. The van der Waals surface area contributed by atoms with Gasteiger partial charge in [0, 0.05) is 51.2 Å². The summed E-state index contributed by atoms with van der Waals surface area (Å²) in [5.41, 5.74) is 0. The Morgan fingerprint density at radius 1 is 1.07 bits per heavy atom. The normalized spacial score (nSPS) is 17.6. The van der Waals surface area contributed by atoms with Gasteiger partial charge < -0.3 is 19.1 Å². The molecule has 0 radical (unpaired) electrons. The molecule has 0 bridgehead atoms. The summed E-state index contributed by atoms with van der Waals surface area (Å²) in [5.74, 6) is 2.21. The first-order valence-electron chi connectivity index (χ1n) is 9.28. The van der Waals surface area contributed by atoms with Gasteiger partial charge in [-0.05, 0) is 30.7 Å². The van der Waals surface area contributed by atoms with Gasteiger partial charge in [-0.25, -0.2) is 8.42 Å². The molecule has 0 aliphatic carbocycles. The summed E-state index contributed by atoms with van der Waals surface area (Å²) in [4.78, 5) is 6.42. The second kappa shape index (κ2) is 8.34. The van der Waals surface area contributed by atoms with Gasteiger partial charge in [0.2, 0.25) is 16.8 Å². The topological polar surface area (TPSA) is 81.2 Å². The summed E-state index contributed by atoms with van der Waals surface area (Å²) >= 11 is 0. The summed E-state index contributed by atoms with van der Waals surface area (Å²) in [7, 11) is -3.45. The molecule has 9 heteroatoms. The van der Waals surface area contributed by atoms with Gasteiger partial charge in [0.15, 0.2) is 11.5 Å². The Balaban J connectivity index is 1.20. The molecule has 1 aromatic carbocycles. The Morgan fingerprint density at radius 2 is 1.89 bits per heavy atom. The van der Waals surface area contributed by atoms with Crippen molar-refractivity contribution in [1.82, 2.24) is 14.2 Å². The molecular formula is C19H23N3O5S. The van der Waals surface area contributed by atoms with E-state index in [9.17, 15) is 8.42 Å². The first-order chi connectivity index (χ1) is 13.6. The highest BCUT2D eigenvalue weighted by atomic mass is 32.2. The van der Waals surface area contributed by atoms with Crippen LogP contribution in [0.5, 0.6) is 17.2 Å². The van der Waals surface area contributed by atoms with Crippen LogP contribution in [-0.2, 0) is 10.0 Å². The molecule has 0 N–H and O–H groups in total. The molecule has 0 spiro atoms. The van der Waals surface area contributed by atoms with Crippen molar-refractivity contribution in [3.63, 3.8) is 0 Å². The van der Waals surface area contributed by atoms with E-state index in [1.165, 1.54) is 10.5 Å². The monoisotopic (exact) mass is 405 g/mol. The van der Waals surface area contributed by atoms with Crippen molar-refractivity contribution >= 4 is 10.0 Å². The standard InChI is InChI=1S/C19H23N3O5S/c23-28(24,17-3-1-6-20-14-17)22-10-8-21(9-11-22)7-2-12-25-16-4-5-18-19(13-16)27-15-26-18/h1,3-6,13-14H,2,7-12,15H2. The van der Waals surface area contributed by atoms with E-state index in [0.29, 0.717) is 38.5 Å². The fourth-order valence-corrected chi connectivity index (χ4v) is 4.67. The minimum absolute atomic E-state index is 0.251. The van der Waals surface area contributed by atoms with Gasteiger partial charge in [-0.15, -0.1) is 0 Å². The van der Waals surface area contributed by atoms with Crippen LogP contribution in [0.2, 0.25) is 0 Å². The highest BCUT2D eigenvalue weighted by molar-refractivity contribution is 7.89. The minimum Gasteiger partial charge on any atom is -0.493 e. The number of pyridine rings is 1. The first-order valence-corrected chi connectivity index (χ1v) is 10.7. The number of hydrogen-bond donors (Lipinski definition) is 0. The number of rotatable bonds is 7. The van der Waals surface area contributed by atoms with E-state index >= 15 is 0 Å². The number of nitrogens with zero attached hydrogens (tertiary/aromatic N) is 3. The van der Waals surface area contributed by atoms with Gasteiger partial charge in [-0.1, -0.05) is 0 Å². The lowest BCUT2D eigenvalue weighted by molar-refractivity contribution is 0.172. The Bertz CT molecular complexity index is 899. The van der Waals surface area contributed by atoms with Crippen LogP contribution in [0, 0.1) is 0 Å². The molecule has 2 aromatic rings. The van der Waals surface area contributed by atoms with E-state index in [-0.39, 0.29) is 11.7 Å². The van der Waals surface area contributed by atoms with E-state index < -0.39 is 10.0 Å². The van der Waals surface area contributed by atoms with Crippen molar-refractivity contribution < 1.29 is 22.6 Å². The molecule has 0 saturated carbocycles. The maximum absolute atomic E-state index is 12.6. The molecule has 150 valence electrons. The predicted molar refractivity (Wildman–Crippen MR) is 102 cm³/mol. The van der Waals surface area contributed by atoms with E-state index in [1.807, 2.05) is 18.2 Å². The Kier molecular flexibility index (Phi) is 5.65. The first kappa shape index (κ1) is 19.0. The smallest absolute Gasteiger partial charge is 0.244 e. The van der Waals surface area contributed by atoms with Crippen LogP contribution >= 0.6 is 0 Å². The summed E-state index contributed by atoms with van der Waals surface area (Å²) in [6.45, 7) is 4.11. The summed E-state index contributed by atoms with van der Waals surface area (Å²) in [6, 6.07) is 8.78. The number of benzene rings is 1. The van der Waals surface area contributed by atoms with Gasteiger partial charge in [-0.3, -0.25) is 4.98 Å². The molecule has 1 aromatic heterocycles. The third-order valence-electron chi connectivity index (χ3n) is 4.83. The fraction of sp³-hybridized carbons (Fsp3) is 0.421. The largest absolute Gasteiger partial charge is 0.493 e. The second-order valence-corrected chi connectivity index (χ2v) is 8.59. The molecule has 2 aliphatic heterocycles. The Morgan fingerprint density at radius 3 is 2.68 bits per heavy atom. The van der Waals surface area contributed by atoms with E-state index in [0.717, 1.165) is 24.5 Å². The molecule has 4 rings (SSSR count). The third kappa shape index (κ3) is 4.21. The predicted octanol–water partition coefficient (Wildman–Crippen LogP) is 1.59. The molecule has 0 amide bonds. The van der Waals surface area contributed by atoms with Gasteiger partial charge in [0.25, 0.3) is 0 Å². The van der Waals surface area contributed by atoms with Crippen LogP contribution in [0.25, 0.3) is 0 Å². The highest BCUT2D eigenvalue weighted by Gasteiger charge is 2.28. The molecule has 0 atom stereocenters. The van der Waals surface area contributed by atoms with Crippen LogP contribution in [0.3, 0.4) is 0 Å². The number of sulfonamides is 1. The Labute approximate surface area is 164 Å². The molecule has 3 heterocycles. The van der Waals surface area contributed by atoms with Crippen molar-refractivity contribution in [1.29, 1.82) is 0 Å². The van der Waals surface area contributed by atoms with Gasteiger partial charge >= 0.3 is 0 Å². The van der Waals surface area contributed by atoms with Crippen LogP contribution in [0.1, 0.15) is 6.42 Å². The van der Waals surface area contributed by atoms with Crippen molar-refractivity contribution in [3.05, 3.63) is 42.7 Å². The zero-order chi connectivity index (χ0) is 19.4. The molecule has 0 unspecified atom stereocenters. The SMILES string of the molecule is O=S(=O)(c1cccnc1)N1CCN(CCCOc2ccc3c(c2)OCO3)CC1. The molecule has 8 nitrogen and oxygen atoms in total. The zero-order valence-electron chi connectivity index (χ0n) is 15.5. The molecule has 2 aliphatic rings. The number of hydrogen-bond acceptors (Lipinski definition) is 7. The number of piperazine rings is 1. The van der Waals surface area contributed by atoms with Crippen molar-refractivity contribution in [3.8, 4) is 17.2 Å². The van der Waals surface area contributed by atoms with Crippen LogP contribution < -0.4 is 14.2 Å². The molecule has 1 saturated heterocycles. The fourth-order valence-electron chi connectivity index (χ4n) is 3.29. The van der Waals surface area contributed by atoms with Crippen molar-refractivity contribution in [2.45, 2.75) is 11.3 Å². The maximum Gasteiger partial charge on any atom is 0.244 e. The van der Waals surface area contributed by atoms with Gasteiger partial charge in [0.1, 0.15) is 10.6 Å². The number of ether oxygens (including phenoxy) is 3. The molecule has 28 heavy (non-hydrogen) atoms. The lowest BCUT2D eigenvalue weighted by Crippen LogP contribution is -2.48. The third-order valence-corrected chi connectivity index (χ3v) is 6.72. The van der Waals surface area contributed by atoms with E-state index in [1.54, 1.807) is 18.3 Å². The average Bonchev–Trinajstić information content (AvgIpc) is 3.20. The minimum atomic E-state index is -3.45. The lowest BCUT2D eigenvalue weighted by atomic mass is 10.3. The average molecular weight is 405 g/mol. The zero-order valence-corrected chi connectivity index (χ0v) is 16.3. The lowest BCUT2D eigenvalue weighted by Gasteiger charge is -2.33. The van der Waals surface area contributed by atoms with Gasteiger partial charge in [0.05, 0.1) is 6.61 Å². The van der Waals surface area contributed by atoms with Gasteiger partial charge in [-0.2, -0.15) is 4.31 Å². The second-order valence-electron chi connectivity index (χ2n) is 6.65. The maximum atomic E-state index is 12.6. The van der Waals surface area contributed by atoms with Crippen molar-refractivity contribution in [2.75, 3.05) is 46.1 Å². The quantitative estimate of drug-likeness (QED) is 0.647. The van der Waals surface area contributed by atoms with E-state index in [2.05, 4.69) is 9.88 Å². The summed E-state index contributed by atoms with van der Waals surface area (Å²) in [5, 5.41) is 0. The molecule has 1 fully saturated rings. The Hall–Kier alpha value is -2.36. The summed E-state index contributed by atoms with van der Waals surface area (Å²) in [6.07, 6.45) is 3.83. The van der Waals surface area contributed by atoms with Crippen LogP contribution in [0.15, 0.2) is 47.6 Å². The summed E-state index contributed by atoms with van der Waals surface area (Å²) < 4.78 is 43.2. The van der Waals surface area contributed by atoms with E-state index in [4.69, 9.17) is 14.2 Å². The van der Waals surface area contributed by atoms with Crippen LogP contribution in [-0.4, -0.2) is 68.7 Å². The van der Waals surface area contributed by atoms with Crippen molar-refractivity contribution in [2.24, 2.45) is 0 Å². The molecular weight excluding hydrogens is 382 g/mol.